The highest BCUT2D eigenvalue weighted by atomic mass is 35.5. The van der Waals surface area contributed by atoms with Gasteiger partial charge in [-0.15, -0.1) is 0 Å². The van der Waals surface area contributed by atoms with Gasteiger partial charge < -0.3 is 0 Å². The number of ketones is 1. The lowest BCUT2D eigenvalue weighted by atomic mass is 9.71. The Morgan fingerprint density at radius 3 is 1.30 bits per heavy atom. The largest absolute Gasteiger partial charge is 0.293 e. The van der Waals surface area contributed by atoms with Crippen LogP contribution in [0, 0.1) is 0 Å². The summed E-state index contributed by atoms with van der Waals surface area (Å²) in [7, 11) is 0. The average Bonchev–Trinajstić information content (AvgIpc) is 2.32. The predicted molar refractivity (Wildman–Crippen MR) is 97.7 cm³/mol. The minimum Gasteiger partial charge on any atom is -0.284 e. The van der Waals surface area contributed by atoms with E-state index < -0.39 is 11.0 Å². The van der Waals surface area contributed by atoms with Gasteiger partial charge in [0, 0.05) is 5.56 Å². The van der Waals surface area contributed by atoms with E-state index in [-0.39, 0.29) is 16.2 Å². The van der Waals surface area contributed by atoms with Gasteiger partial charge in [0.2, 0.25) is 5.78 Å². The van der Waals surface area contributed by atoms with Crippen LogP contribution >= 0.6 is 11.6 Å². The second-order valence-electron chi connectivity index (χ2n) is 9.30. The van der Waals surface area contributed by atoms with E-state index in [0.717, 1.165) is 16.7 Å². The lowest BCUT2D eigenvalue weighted by molar-refractivity contribution is -0.108. The molecule has 0 aliphatic carbocycles. The van der Waals surface area contributed by atoms with Crippen molar-refractivity contribution in [3.8, 4) is 0 Å². The second-order valence-corrected chi connectivity index (χ2v) is 9.64. The van der Waals surface area contributed by atoms with E-state index >= 15 is 0 Å². The molecular formula is C20H29ClO2. The van der Waals surface area contributed by atoms with Crippen LogP contribution in [0.4, 0.5) is 0 Å². The first-order chi connectivity index (χ1) is 10.1. The molecule has 2 nitrogen and oxygen atoms in total. The first-order valence-corrected chi connectivity index (χ1v) is 8.38. The number of hydrogen-bond donors (Lipinski definition) is 0. The summed E-state index contributed by atoms with van der Waals surface area (Å²) in [6, 6.07) is 4.12. The maximum absolute atomic E-state index is 12.6. The number of rotatable bonds is 2. The summed E-state index contributed by atoms with van der Waals surface area (Å²) in [6.45, 7) is 18.8. The van der Waals surface area contributed by atoms with E-state index in [1.807, 2.05) is 0 Å². The van der Waals surface area contributed by atoms with Gasteiger partial charge in [-0.2, -0.15) is 0 Å². The quantitative estimate of drug-likeness (QED) is 0.404. The fraction of sp³-hybridized carbons (Fsp3) is 0.600. The third-order valence-electron chi connectivity index (χ3n) is 4.03. The van der Waals surface area contributed by atoms with Crippen LogP contribution in [-0.4, -0.2) is 11.0 Å². The average molecular weight is 337 g/mol. The van der Waals surface area contributed by atoms with Crippen LogP contribution in [0.3, 0.4) is 0 Å². The molecule has 128 valence electrons. The van der Waals surface area contributed by atoms with E-state index in [4.69, 9.17) is 11.6 Å². The Balaban J connectivity index is 3.98. The summed E-state index contributed by atoms with van der Waals surface area (Å²) in [6.07, 6.45) is 0. The highest BCUT2D eigenvalue weighted by Crippen LogP contribution is 2.38. The van der Waals surface area contributed by atoms with Crippen LogP contribution in [0.5, 0.6) is 0 Å². The van der Waals surface area contributed by atoms with Crippen LogP contribution in [0.2, 0.25) is 0 Å². The Morgan fingerprint density at radius 1 is 0.739 bits per heavy atom. The molecule has 0 saturated carbocycles. The van der Waals surface area contributed by atoms with Crippen molar-refractivity contribution in [2.75, 3.05) is 0 Å². The smallest absolute Gasteiger partial charge is 0.284 e. The molecule has 0 aliphatic rings. The normalized spacial score (nSPS) is 13.1. The number of Topliss-reactive ketones (excluding diaryl/α,β-unsaturated/α-hetero) is 1. The summed E-state index contributed by atoms with van der Waals surface area (Å²) in [5, 5.41) is -0.926. The van der Waals surface area contributed by atoms with Crippen LogP contribution in [0.15, 0.2) is 12.1 Å². The van der Waals surface area contributed by atoms with E-state index in [0.29, 0.717) is 5.56 Å². The molecule has 0 aliphatic heterocycles. The van der Waals surface area contributed by atoms with E-state index in [2.05, 4.69) is 74.4 Å². The van der Waals surface area contributed by atoms with Crippen LogP contribution in [0.1, 0.15) is 89.4 Å². The molecule has 23 heavy (non-hydrogen) atoms. The molecule has 0 heterocycles. The molecule has 0 amide bonds. The van der Waals surface area contributed by atoms with Gasteiger partial charge in [-0.25, -0.2) is 0 Å². The predicted octanol–water partition coefficient (Wildman–Crippen LogP) is 5.53. The van der Waals surface area contributed by atoms with Gasteiger partial charge in [0.1, 0.15) is 0 Å². The fourth-order valence-corrected chi connectivity index (χ4v) is 2.70. The number of carbonyl (C=O) groups excluding carboxylic acids is 2. The van der Waals surface area contributed by atoms with Gasteiger partial charge >= 0.3 is 0 Å². The molecule has 1 rings (SSSR count). The topological polar surface area (TPSA) is 34.1 Å². The summed E-state index contributed by atoms with van der Waals surface area (Å²) in [5.74, 6) is -0.609. The highest BCUT2D eigenvalue weighted by Gasteiger charge is 2.33. The van der Waals surface area contributed by atoms with E-state index in [1.54, 1.807) is 0 Å². The molecular weight excluding hydrogens is 308 g/mol. The van der Waals surface area contributed by atoms with Crippen molar-refractivity contribution in [3.63, 3.8) is 0 Å². The molecule has 0 radical (unpaired) electrons. The summed E-state index contributed by atoms with van der Waals surface area (Å²) >= 11 is 5.55. The summed E-state index contributed by atoms with van der Waals surface area (Å²) in [4.78, 5) is 24.2. The van der Waals surface area contributed by atoms with Gasteiger partial charge in [-0.1, -0.05) is 74.4 Å². The molecule has 1 aromatic carbocycles. The molecule has 0 fully saturated rings. The summed E-state index contributed by atoms with van der Waals surface area (Å²) in [5.41, 5.74) is 2.82. The third kappa shape index (κ3) is 4.44. The zero-order valence-electron chi connectivity index (χ0n) is 15.8. The van der Waals surface area contributed by atoms with Gasteiger partial charge in [-0.3, -0.25) is 9.59 Å². The Labute approximate surface area is 145 Å². The molecule has 0 saturated heterocycles. The summed E-state index contributed by atoms with van der Waals surface area (Å²) < 4.78 is 0. The van der Waals surface area contributed by atoms with Crippen molar-refractivity contribution >= 4 is 22.6 Å². The Kier molecular flexibility index (Phi) is 5.23. The molecule has 0 bridgehead atoms. The van der Waals surface area contributed by atoms with Gasteiger partial charge in [-0.05, 0) is 44.5 Å². The SMILES string of the molecule is CC(C)(C)c1cc(C(C)(C)C)c(C(=O)C(=O)Cl)c(C(C)(C)C)c1. The van der Waals surface area contributed by atoms with E-state index in [1.165, 1.54) is 0 Å². The number of halogens is 1. The van der Waals surface area contributed by atoms with Crippen molar-refractivity contribution in [2.45, 2.75) is 78.6 Å². The number of hydrogen-bond acceptors (Lipinski definition) is 2. The highest BCUT2D eigenvalue weighted by molar-refractivity contribution is 6.83. The standard InChI is InChI=1S/C20H29ClO2/c1-18(2,3)12-10-13(19(4,5)6)15(16(22)17(21)23)14(11-12)20(7,8)9/h10-11H,1-9H3. The first kappa shape index (κ1) is 19.9. The minimum atomic E-state index is -0.926. The van der Waals surface area contributed by atoms with Gasteiger partial charge in [0.05, 0.1) is 0 Å². The Hall–Kier alpha value is -1.15. The maximum atomic E-state index is 12.6. The molecule has 0 unspecified atom stereocenters. The molecule has 0 spiro atoms. The second kappa shape index (κ2) is 6.05. The van der Waals surface area contributed by atoms with E-state index in [9.17, 15) is 9.59 Å². The Morgan fingerprint density at radius 2 is 1.09 bits per heavy atom. The van der Waals surface area contributed by atoms with Crippen LogP contribution < -0.4 is 0 Å². The zero-order valence-corrected chi connectivity index (χ0v) is 16.6. The lowest BCUT2D eigenvalue weighted by Gasteiger charge is -2.32. The van der Waals surface area contributed by atoms with Crippen molar-refractivity contribution in [1.82, 2.24) is 0 Å². The molecule has 0 N–H and O–H groups in total. The Bertz CT molecular complexity index is 600. The molecule has 0 atom stereocenters. The number of carbonyl (C=O) groups is 2. The third-order valence-corrected chi connectivity index (χ3v) is 4.20. The lowest BCUT2D eigenvalue weighted by Crippen LogP contribution is -2.28. The van der Waals surface area contributed by atoms with Gasteiger partial charge in [0.25, 0.3) is 5.24 Å². The molecule has 1 aromatic rings. The molecule has 0 aromatic heterocycles. The first-order valence-electron chi connectivity index (χ1n) is 8.00. The fourth-order valence-electron chi connectivity index (χ4n) is 2.60. The van der Waals surface area contributed by atoms with Crippen molar-refractivity contribution in [2.24, 2.45) is 0 Å². The van der Waals surface area contributed by atoms with Crippen molar-refractivity contribution < 1.29 is 9.59 Å². The van der Waals surface area contributed by atoms with Crippen LogP contribution in [-0.2, 0) is 21.0 Å². The zero-order chi connectivity index (χ0) is 18.4. The molecule has 3 heteroatoms. The van der Waals surface area contributed by atoms with Gasteiger partial charge in [0.15, 0.2) is 0 Å². The maximum Gasteiger partial charge on any atom is 0.293 e. The monoisotopic (exact) mass is 336 g/mol. The number of benzene rings is 1. The minimum absolute atomic E-state index is 0.0491. The van der Waals surface area contributed by atoms with Crippen LogP contribution in [0.25, 0.3) is 0 Å². The van der Waals surface area contributed by atoms with Crippen molar-refractivity contribution in [3.05, 3.63) is 34.4 Å². The van der Waals surface area contributed by atoms with Crippen molar-refractivity contribution in [1.29, 1.82) is 0 Å².